The van der Waals surface area contributed by atoms with Gasteiger partial charge in [-0.2, -0.15) is 5.10 Å². The third-order valence-electron chi connectivity index (χ3n) is 6.08. The van der Waals surface area contributed by atoms with E-state index >= 15 is 0 Å². The Hall–Kier alpha value is -2.99. The van der Waals surface area contributed by atoms with Crippen molar-refractivity contribution >= 4 is 5.91 Å². The van der Waals surface area contributed by atoms with E-state index in [2.05, 4.69) is 52.4 Å². The highest BCUT2D eigenvalue weighted by Gasteiger charge is 2.26. The van der Waals surface area contributed by atoms with Crippen LogP contribution in [0.3, 0.4) is 0 Å². The molecular formula is C24H29N5O. The van der Waals surface area contributed by atoms with Gasteiger partial charge in [0.2, 0.25) is 0 Å². The maximum atomic E-state index is 13.0. The minimum Gasteiger partial charge on any atom is -0.339 e. The summed E-state index contributed by atoms with van der Waals surface area (Å²) in [5, 5.41) is 4.18. The molecule has 1 amide bonds. The van der Waals surface area contributed by atoms with Gasteiger partial charge in [0, 0.05) is 31.2 Å². The monoisotopic (exact) mass is 403 g/mol. The molecule has 0 spiro atoms. The van der Waals surface area contributed by atoms with Gasteiger partial charge in [0.1, 0.15) is 12.7 Å². The zero-order valence-electron chi connectivity index (χ0n) is 17.7. The Morgan fingerprint density at radius 3 is 2.57 bits per heavy atom. The Bertz CT molecular complexity index is 963. The average molecular weight is 404 g/mol. The number of aromatic nitrogens is 3. The van der Waals surface area contributed by atoms with Gasteiger partial charge in [-0.25, -0.2) is 9.67 Å². The standard InChI is InChI=1S/C24H29N5O/c1-19-16-21(8-9-23(19)29-18-25-17-26-29)24(30)28-14-11-22(12-15-28)27(2)13-10-20-6-4-3-5-7-20/h3-9,16-18,22H,10-15H2,1-2H3. The lowest BCUT2D eigenvalue weighted by atomic mass is 10.0. The van der Waals surface area contributed by atoms with Gasteiger partial charge in [-0.05, 0) is 62.6 Å². The van der Waals surface area contributed by atoms with E-state index in [0.29, 0.717) is 6.04 Å². The Morgan fingerprint density at radius 1 is 1.13 bits per heavy atom. The summed E-state index contributed by atoms with van der Waals surface area (Å²) >= 11 is 0. The summed E-state index contributed by atoms with van der Waals surface area (Å²) in [5.41, 5.74) is 4.08. The van der Waals surface area contributed by atoms with E-state index in [0.717, 1.165) is 55.7 Å². The number of amides is 1. The number of likely N-dealkylation sites (N-methyl/N-ethyl adjacent to an activating group) is 1. The molecule has 156 valence electrons. The van der Waals surface area contributed by atoms with Gasteiger partial charge < -0.3 is 9.80 Å². The fourth-order valence-electron chi connectivity index (χ4n) is 4.20. The molecule has 1 aliphatic rings. The normalized spacial score (nSPS) is 15.0. The van der Waals surface area contributed by atoms with Gasteiger partial charge in [0.15, 0.2) is 0 Å². The average Bonchev–Trinajstić information content (AvgIpc) is 3.32. The Labute approximate surface area is 178 Å². The molecule has 2 aromatic carbocycles. The fraction of sp³-hybridized carbons (Fsp3) is 0.375. The third kappa shape index (κ3) is 4.60. The molecule has 0 N–H and O–H groups in total. The van der Waals surface area contributed by atoms with Crippen LogP contribution in [0.2, 0.25) is 0 Å². The van der Waals surface area contributed by atoms with E-state index < -0.39 is 0 Å². The molecule has 3 aromatic rings. The van der Waals surface area contributed by atoms with Crippen molar-refractivity contribution in [3.05, 3.63) is 77.9 Å². The minimum absolute atomic E-state index is 0.119. The minimum atomic E-state index is 0.119. The van der Waals surface area contributed by atoms with Crippen LogP contribution in [0.4, 0.5) is 0 Å². The highest BCUT2D eigenvalue weighted by Crippen LogP contribution is 2.20. The lowest BCUT2D eigenvalue weighted by molar-refractivity contribution is 0.0647. The second kappa shape index (κ2) is 9.22. The first-order chi connectivity index (χ1) is 14.6. The summed E-state index contributed by atoms with van der Waals surface area (Å²) < 4.78 is 1.72. The number of likely N-dealkylation sites (tertiary alicyclic amines) is 1. The smallest absolute Gasteiger partial charge is 0.253 e. The van der Waals surface area contributed by atoms with Crippen LogP contribution in [0.25, 0.3) is 5.69 Å². The summed E-state index contributed by atoms with van der Waals surface area (Å²) in [6.07, 6.45) is 6.29. The van der Waals surface area contributed by atoms with E-state index in [4.69, 9.17) is 0 Å². The Morgan fingerprint density at radius 2 is 1.90 bits per heavy atom. The van der Waals surface area contributed by atoms with Crippen molar-refractivity contribution in [3.63, 3.8) is 0 Å². The third-order valence-corrected chi connectivity index (χ3v) is 6.08. The number of carbonyl (C=O) groups is 1. The molecule has 6 heteroatoms. The lowest BCUT2D eigenvalue weighted by Gasteiger charge is -2.37. The molecule has 0 radical (unpaired) electrons. The van der Waals surface area contributed by atoms with E-state index in [1.807, 2.05) is 30.0 Å². The SMILES string of the molecule is Cc1cc(C(=O)N2CCC(N(C)CCc3ccccc3)CC2)ccc1-n1cncn1. The predicted octanol–water partition coefficient (Wildman–Crippen LogP) is 3.35. The van der Waals surface area contributed by atoms with Gasteiger partial charge in [-0.15, -0.1) is 0 Å². The number of benzene rings is 2. The van der Waals surface area contributed by atoms with Gasteiger partial charge >= 0.3 is 0 Å². The summed E-state index contributed by atoms with van der Waals surface area (Å²) in [6.45, 7) is 4.67. The molecule has 0 unspecified atom stereocenters. The number of hydrogen-bond acceptors (Lipinski definition) is 4. The van der Waals surface area contributed by atoms with Crippen LogP contribution < -0.4 is 0 Å². The second-order valence-corrected chi connectivity index (χ2v) is 8.08. The van der Waals surface area contributed by atoms with E-state index in [-0.39, 0.29) is 5.91 Å². The molecule has 6 nitrogen and oxygen atoms in total. The molecule has 1 aliphatic heterocycles. The number of nitrogens with zero attached hydrogens (tertiary/aromatic N) is 5. The molecular weight excluding hydrogens is 374 g/mol. The number of rotatable bonds is 6. The van der Waals surface area contributed by atoms with Crippen LogP contribution in [0.1, 0.15) is 34.3 Å². The summed E-state index contributed by atoms with van der Waals surface area (Å²) in [7, 11) is 2.21. The van der Waals surface area contributed by atoms with Crippen molar-refractivity contribution in [1.29, 1.82) is 0 Å². The molecule has 0 saturated carbocycles. The van der Waals surface area contributed by atoms with Gasteiger partial charge in [-0.1, -0.05) is 30.3 Å². The van der Waals surface area contributed by atoms with Gasteiger partial charge in [0.05, 0.1) is 5.69 Å². The van der Waals surface area contributed by atoms with Crippen LogP contribution in [-0.2, 0) is 6.42 Å². The van der Waals surface area contributed by atoms with Crippen molar-refractivity contribution in [2.75, 3.05) is 26.7 Å². The first-order valence-electron chi connectivity index (χ1n) is 10.6. The number of piperidine rings is 1. The predicted molar refractivity (Wildman–Crippen MR) is 118 cm³/mol. The molecule has 1 fully saturated rings. The van der Waals surface area contributed by atoms with E-state index in [9.17, 15) is 4.79 Å². The van der Waals surface area contributed by atoms with Gasteiger partial charge in [-0.3, -0.25) is 4.79 Å². The first-order valence-corrected chi connectivity index (χ1v) is 10.6. The molecule has 1 aromatic heterocycles. The van der Waals surface area contributed by atoms with Crippen LogP contribution in [0, 0.1) is 6.92 Å². The lowest BCUT2D eigenvalue weighted by Crippen LogP contribution is -2.46. The molecule has 0 atom stereocenters. The van der Waals surface area contributed by atoms with Gasteiger partial charge in [0.25, 0.3) is 5.91 Å². The first kappa shape index (κ1) is 20.3. The Balaban J connectivity index is 1.31. The molecule has 4 rings (SSSR count). The molecule has 1 saturated heterocycles. The van der Waals surface area contributed by atoms with Crippen LogP contribution in [0.15, 0.2) is 61.2 Å². The Kier molecular flexibility index (Phi) is 6.23. The highest BCUT2D eigenvalue weighted by molar-refractivity contribution is 5.94. The van der Waals surface area contributed by atoms with Crippen molar-refractivity contribution in [3.8, 4) is 5.69 Å². The van der Waals surface area contributed by atoms with Crippen molar-refractivity contribution in [2.24, 2.45) is 0 Å². The van der Waals surface area contributed by atoms with Crippen LogP contribution in [-0.4, -0.2) is 63.2 Å². The largest absolute Gasteiger partial charge is 0.339 e. The zero-order valence-corrected chi connectivity index (χ0v) is 17.7. The van der Waals surface area contributed by atoms with E-state index in [1.54, 1.807) is 11.0 Å². The highest BCUT2D eigenvalue weighted by atomic mass is 16.2. The maximum absolute atomic E-state index is 13.0. The van der Waals surface area contributed by atoms with Crippen molar-refractivity contribution < 1.29 is 4.79 Å². The fourth-order valence-corrected chi connectivity index (χ4v) is 4.20. The number of aryl methyl sites for hydroxylation is 1. The number of hydrogen-bond donors (Lipinski definition) is 0. The summed E-state index contributed by atoms with van der Waals surface area (Å²) in [6, 6.07) is 17.0. The quantitative estimate of drug-likeness (QED) is 0.633. The summed E-state index contributed by atoms with van der Waals surface area (Å²) in [4.78, 5) is 21.5. The maximum Gasteiger partial charge on any atom is 0.253 e. The second-order valence-electron chi connectivity index (χ2n) is 8.08. The molecule has 2 heterocycles. The summed E-state index contributed by atoms with van der Waals surface area (Å²) in [5.74, 6) is 0.119. The zero-order chi connectivity index (χ0) is 20.9. The molecule has 0 bridgehead atoms. The van der Waals surface area contributed by atoms with Crippen LogP contribution >= 0.6 is 0 Å². The van der Waals surface area contributed by atoms with Crippen molar-refractivity contribution in [1.82, 2.24) is 24.6 Å². The molecule has 0 aliphatic carbocycles. The topological polar surface area (TPSA) is 54.3 Å². The van der Waals surface area contributed by atoms with E-state index in [1.165, 1.54) is 11.9 Å². The van der Waals surface area contributed by atoms with Crippen LogP contribution in [0.5, 0.6) is 0 Å². The number of carbonyl (C=O) groups excluding carboxylic acids is 1. The van der Waals surface area contributed by atoms with Crippen molar-refractivity contribution in [2.45, 2.75) is 32.2 Å². The molecule has 30 heavy (non-hydrogen) atoms.